The van der Waals surface area contributed by atoms with E-state index in [2.05, 4.69) is 20.2 Å². The molecule has 0 aliphatic rings. The summed E-state index contributed by atoms with van der Waals surface area (Å²) in [7, 11) is 1.58. The van der Waals surface area contributed by atoms with Crippen molar-refractivity contribution >= 4 is 11.9 Å². The van der Waals surface area contributed by atoms with Gasteiger partial charge in [0, 0.05) is 25.0 Å². The molecular formula is C17H16N4O4. The summed E-state index contributed by atoms with van der Waals surface area (Å²) in [6, 6.07) is 8.53. The van der Waals surface area contributed by atoms with Gasteiger partial charge in [-0.25, -0.2) is 9.78 Å². The summed E-state index contributed by atoms with van der Waals surface area (Å²) in [5.74, 6) is 1.29. The fourth-order valence-corrected chi connectivity index (χ4v) is 2.21. The number of nitrogens with one attached hydrogen (secondary N) is 1. The molecule has 3 aromatic rings. The Morgan fingerprint density at radius 3 is 3.00 bits per heavy atom. The Labute approximate surface area is 142 Å². The highest BCUT2D eigenvalue weighted by Crippen LogP contribution is 2.22. The molecule has 0 spiro atoms. The van der Waals surface area contributed by atoms with Gasteiger partial charge in [0.1, 0.15) is 23.7 Å². The van der Waals surface area contributed by atoms with Crippen LogP contribution in [0, 0.1) is 6.92 Å². The number of hydrogen-bond donors (Lipinski definition) is 2. The van der Waals surface area contributed by atoms with E-state index < -0.39 is 5.63 Å². The standard InChI is InChI=1S/C17H16N4O4/c1-10-6-14(22)13(17(23)25-10)8-18-12-5-3-4-11(7-12)16-19-15(9-24-2)20-21-16/h3-8,22H,9H2,1-2H3,(H,19,20,21). The predicted octanol–water partition coefficient (Wildman–Crippen LogP) is 2.34. The van der Waals surface area contributed by atoms with E-state index in [1.165, 1.54) is 12.3 Å². The second kappa shape index (κ2) is 7.10. The minimum absolute atomic E-state index is 0.00345. The SMILES string of the molecule is COCc1nc(-c2cccc(N=Cc3c(O)cc(C)oc3=O)c2)n[nH]1. The molecule has 25 heavy (non-hydrogen) atoms. The maximum absolute atomic E-state index is 11.8. The number of aryl methyl sites for hydroxylation is 1. The first-order valence-electron chi connectivity index (χ1n) is 7.45. The maximum Gasteiger partial charge on any atom is 0.348 e. The Hall–Kier alpha value is -3.26. The first kappa shape index (κ1) is 16.6. The minimum atomic E-state index is -0.643. The van der Waals surface area contributed by atoms with Crippen molar-refractivity contribution in [3.63, 3.8) is 0 Å². The number of rotatable bonds is 5. The van der Waals surface area contributed by atoms with Crippen molar-refractivity contribution < 1.29 is 14.3 Å². The van der Waals surface area contributed by atoms with Gasteiger partial charge in [0.2, 0.25) is 0 Å². The number of H-pyrrole nitrogens is 1. The van der Waals surface area contributed by atoms with E-state index in [9.17, 15) is 9.90 Å². The summed E-state index contributed by atoms with van der Waals surface area (Å²) in [4.78, 5) is 20.3. The van der Waals surface area contributed by atoms with Gasteiger partial charge in [0.05, 0.1) is 5.69 Å². The van der Waals surface area contributed by atoms with Crippen molar-refractivity contribution in [2.75, 3.05) is 7.11 Å². The van der Waals surface area contributed by atoms with Crippen LogP contribution in [-0.4, -0.2) is 33.6 Å². The quantitative estimate of drug-likeness (QED) is 0.689. The van der Waals surface area contributed by atoms with E-state index in [-0.39, 0.29) is 11.3 Å². The van der Waals surface area contributed by atoms with Crippen LogP contribution in [0.25, 0.3) is 11.4 Å². The third-order valence-electron chi connectivity index (χ3n) is 3.35. The van der Waals surface area contributed by atoms with Crippen molar-refractivity contribution in [3.8, 4) is 17.1 Å². The predicted molar refractivity (Wildman–Crippen MR) is 91.2 cm³/mol. The molecule has 0 saturated carbocycles. The zero-order valence-electron chi connectivity index (χ0n) is 13.7. The maximum atomic E-state index is 11.8. The number of nitrogens with zero attached hydrogens (tertiary/aromatic N) is 3. The van der Waals surface area contributed by atoms with Crippen LogP contribution in [0.1, 0.15) is 17.1 Å². The van der Waals surface area contributed by atoms with Crippen molar-refractivity contribution in [2.24, 2.45) is 4.99 Å². The number of methoxy groups -OCH3 is 1. The summed E-state index contributed by atoms with van der Waals surface area (Å²) in [6.07, 6.45) is 1.27. The van der Waals surface area contributed by atoms with Gasteiger partial charge in [-0.1, -0.05) is 12.1 Å². The van der Waals surface area contributed by atoms with Gasteiger partial charge in [-0.2, -0.15) is 5.10 Å². The number of aromatic hydroxyl groups is 1. The lowest BCUT2D eigenvalue weighted by Gasteiger charge is -2.00. The Morgan fingerprint density at radius 2 is 2.24 bits per heavy atom. The molecule has 0 aliphatic carbocycles. The summed E-state index contributed by atoms with van der Waals surface area (Å²) in [5.41, 5.74) is 0.690. The summed E-state index contributed by atoms with van der Waals surface area (Å²) in [6.45, 7) is 1.92. The molecule has 0 unspecified atom stereocenters. The molecular weight excluding hydrogens is 324 g/mol. The molecule has 8 nitrogen and oxygen atoms in total. The van der Waals surface area contributed by atoms with Crippen LogP contribution >= 0.6 is 0 Å². The average Bonchev–Trinajstić information content (AvgIpc) is 3.03. The van der Waals surface area contributed by atoms with Crippen molar-refractivity contribution in [1.82, 2.24) is 15.2 Å². The molecule has 2 aromatic heterocycles. The number of benzene rings is 1. The number of aromatic amines is 1. The molecule has 2 heterocycles. The first-order chi connectivity index (χ1) is 12.1. The molecule has 0 atom stereocenters. The molecule has 3 rings (SSSR count). The third kappa shape index (κ3) is 3.81. The van der Waals surface area contributed by atoms with Gasteiger partial charge in [-0.15, -0.1) is 0 Å². The number of aliphatic imine (C=N–C) groups is 1. The van der Waals surface area contributed by atoms with Crippen molar-refractivity contribution in [2.45, 2.75) is 13.5 Å². The third-order valence-corrected chi connectivity index (χ3v) is 3.35. The van der Waals surface area contributed by atoms with Crippen LogP contribution in [0.4, 0.5) is 5.69 Å². The lowest BCUT2D eigenvalue weighted by atomic mass is 10.2. The average molecular weight is 340 g/mol. The molecule has 0 amide bonds. The zero-order valence-corrected chi connectivity index (χ0v) is 13.7. The fraction of sp³-hybridized carbons (Fsp3) is 0.176. The summed E-state index contributed by atoms with van der Waals surface area (Å²) >= 11 is 0. The Morgan fingerprint density at radius 1 is 1.40 bits per heavy atom. The van der Waals surface area contributed by atoms with Gasteiger partial charge in [0.15, 0.2) is 11.6 Å². The second-order valence-electron chi connectivity index (χ2n) is 5.29. The van der Waals surface area contributed by atoms with Gasteiger partial charge in [0.25, 0.3) is 0 Å². The Balaban J connectivity index is 1.88. The van der Waals surface area contributed by atoms with Crippen LogP contribution in [0.3, 0.4) is 0 Å². The van der Waals surface area contributed by atoms with Gasteiger partial charge >= 0.3 is 5.63 Å². The highest BCUT2D eigenvalue weighted by atomic mass is 16.5. The Kier molecular flexibility index (Phi) is 4.71. The molecule has 128 valence electrons. The van der Waals surface area contributed by atoms with Crippen LogP contribution in [0.2, 0.25) is 0 Å². The molecule has 8 heteroatoms. The van der Waals surface area contributed by atoms with Crippen LogP contribution in [0.15, 0.2) is 44.5 Å². The fourth-order valence-electron chi connectivity index (χ4n) is 2.21. The Bertz CT molecular complexity index is 975. The lowest BCUT2D eigenvalue weighted by molar-refractivity contribution is 0.178. The van der Waals surface area contributed by atoms with Crippen LogP contribution in [0.5, 0.6) is 5.75 Å². The van der Waals surface area contributed by atoms with E-state index in [4.69, 9.17) is 9.15 Å². The highest BCUT2D eigenvalue weighted by molar-refractivity contribution is 5.84. The van der Waals surface area contributed by atoms with Crippen molar-refractivity contribution in [1.29, 1.82) is 0 Å². The summed E-state index contributed by atoms with van der Waals surface area (Å²) < 4.78 is 9.95. The van der Waals surface area contributed by atoms with E-state index in [0.717, 1.165) is 5.56 Å². The monoisotopic (exact) mass is 340 g/mol. The molecule has 0 fully saturated rings. The van der Waals surface area contributed by atoms with Gasteiger partial charge < -0.3 is 14.3 Å². The number of hydrogen-bond acceptors (Lipinski definition) is 7. The minimum Gasteiger partial charge on any atom is -0.507 e. The summed E-state index contributed by atoms with van der Waals surface area (Å²) in [5, 5.41) is 16.8. The smallest absolute Gasteiger partial charge is 0.348 e. The second-order valence-corrected chi connectivity index (χ2v) is 5.29. The zero-order chi connectivity index (χ0) is 17.8. The van der Waals surface area contributed by atoms with Gasteiger partial charge in [-0.05, 0) is 19.1 Å². The largest absolute Gasteiger partial charge is 0.507 e. The van der Waals surface area contributed by atoms with E-state index in [1.807, 2.05) is 6.07 Å². The molecule has 2 N–H and O–H groups in total. The topological polar surface area (TPSA) is 114 Å². The van der Waals surface area contributed by atoms with E-state index in [0.29, 0.717) is 29.7 Å². The molecule has 0 aliphatic heterocycles. The van der Waals surface area contributed by atoms with Crippen molar-refractivity contribution in [3.05, 3.63) is 57.9 Å². The molecule has 0 saturated heterocycles. The molecule has 0 radical (unpaired) electrons. The molecule has 1 aromatic carbocycles. The van der Waals surface area contributed by atoms with E-state index in [1.54, 1.807) is 32.2 Å². The first-order valence-corrected chi connectivity index (χ1v) is 7.45. The van der Waals surface area contributed by atoms with Crippen LogP contribution < -0.4 is 5.63 Å². The van der Waals surface area contributed by atoms with Gasteiger partial charge in [-0.3, -0.25) is 10.1 Å². The van der Waals surface area contributed by atoms with Crippen LogP contribution in [-0.2, 0) is 11.3 Å². The van der Waals surface area contributed by atoms with E-state index >= 15 is 0 Å². The number of ether oxygens (including phenoxy) is 1. The normalized spacial score (nSPS) is 11.3. The lowest BCUT2D eigenvalue weighted by Crippen LogP contribution is -2.07. The number of aromatic nitrogens is 3. The molecule has 0 bridgehead atoms. The highest BCUT2D eigenvalue weighted by Gasteiger charge is 2.08.